The smallest absolute Gasteiger partial charge is 0.331 e. The Morgan fingerprint density at radius 3 is 2.50 bits per heavy atom. The molecule has 2 aromatic carbocycles. The van der Waals surface area contributed by atoms with Crippen molar-refractivity contribution < 1.29 is 19.4 Å². The third kappa shape index (κ3) is 6.73. The van der Waals surface area contributed by atoms with Crippen molar-refractivity contribution in [3.63, 3.8) is 0 Å². The summed E-state index contributed by atoms with van der Waals surface area (Å²) in [4.78, 5) is 11.8. The first-order valence-corrected chi connectivity index (χ1v) is 8.69. The molecule has 0 bridgehead atoms. The van der Waals surface area contributed by atoms with Crippen molar-refractivity contribution in [1.82, 2.24) is 0 Å². The summed E-state index contributed by atoms with van der Waals surface area (Å²) < 4.78 is 11.2. The van der Waals surface area contributed by atoms with Gasteiger partial charge in [0.1, 0.15) is 18.0 Å². The topological polar surface area (TPSA) is 55.8 Å². The molecule has 138 valence electrons. The van der Waals surface area contributed by atoms with Gasteiger partial charge in [-0.05, 0) is 62.1 Å². The predicted molar refractivity (Wildman–Crippen MR) is 103 cm³/mol. The standard InChI is InChI=1S/C22H26O4/c1-22(2,3)26-21(24)12-10-17-9-11-20(19(15-17)13-14-23)25-16-18-7-5-4-6-8-18/h4-12,15,23H,13-14,16H2,1-3H3/b12-10+. The van der Waals surface area contributed by atoms with Gasteiger partial charge in [0, 0.05) is 12.7 Å². The molecule has 4 nitrogen and oxygen atoms in total. The molecule has 0 aliphatic rings. The van der Waals surface area contributed by atoms with E-state index in [1.807, 2.05) is 69.3 Å². The maximum atomic E-state index is 11.8. The minimum atomic E-state index is -0.515. The fourth-order valence-electron chi connectivity index (χ4n) is 2.40. The van der Waals surface area contributed by atoms with Crippen LogP contribution in [0.1, 0.15) is 37.5 Å². The van der Waals surface area contributed by atoms with Gasteiger partial charge in [-0.3, -0.25) is 0 Å². The number of carbonyl (C=O) groups is 1. The molecule has 0 atom stereocenters. The van der Waals surface area contributed by atoms with Crippen LogP contribution in [0.15, 0.2) is 54.6 Å². The lowest BCUT2D eigenvalue weighted by molar-refractivity contribution is -0.148. The van der Waals surface area contributed by atoms with Gasteiger partial charge in [-0.15, -0.1) is 0 Å². The van der Waals surface area contributed by atoms with E-state index in [4.69, 9.17) is 9.47 Å². The van der Waals surface area contributed by atoms with Crippen LogP contribution >= 0.6 is 0 Å². The third-order valence-corrected chi connectivity index (χ3v) is 3.52. The Bertz CT molecular complexity index is 742. The Balaban J connectivity index is 2.08. The Hall–Kier alpha value is -2.59. The molecule has 26 heavy (non-hydrogen) atoms. The maximum Gasteiger partial charge on any atom is 0.331 e. The molecule has 0 aromatic heterocycles. The van der Waals surface area contributed by atoms with E-state index in [0.29, 0.717) is 13.0 Å². The first-order chi connectivity index (χ1) is 12.4. The molecule has 0 aliphatic carbocycles. The van der Waals surface area contributed by atoms with Gasteiger partial charge in [-0.2, -0.15) is 0 Å². The summed E-state index contributed by atoms with van der Waals surface area (Å²) in [5.41, 5.74) is 2.32. The van der Waals surface area contributed by atoms with Crippen LogP contribution in [0.3, 0.4) is 0 Å². The average Bonchev–Trinajstić information content (AvgIpc) is 2.59. The molecule has 0 heterocycles. The zero-order valence-electron chi connectivity index (χ0n) is 15.6. The summed E-state index contributed by atoms with van der Waals surface area (Å²) in [6.45, 7) is 5.98. The van der Waals surface area contributed by atoms with Crippen molar-refractivity contribution in [1.29, 1.82) is 0 Å². The van der Waals surface area contributed by atoms with Crippen LogP contribution in [0.4, 0.5) is 0 Å². The van der Waals surface area contributed by atoms with E-state index in [0.717, 1.165) is 22.4 Å². The molecule has 0 unspecified atom stereocenters. The molecule has 0 saturated heterocycles. The van der Waals surface area contributed by atoms with Gasteiger partial charge in [0.25, 0.3) is 0 Å². The Kier molecular flexibility index (Phi) is 6.98. The lowest BCUT2D eigenvalue weighted by Gasteiger charge is -2.18. The van der Waals surface area contributed by atoms with Crippen LogP contribution in [-0.2, 0) is 22.6 Å². The van der Waals surface area contributed by atoms with Crippen LogP contribution in [0, 0.1) is 0 Å². The zero-order chi connectivity index (χ0) is 19.0. The molecular formula is C22H26O4. The van der Waals surface area contributed by atoms with Gasteiger partial charge in [-0.25, -0.2) is 4.79 Å². The first kappa shape index (κ1) is 19.7. The highest BCUT2D eigenvalue weighted by Gasteiger charge is 2.14. The molecule has 0 amide bonds. The highest BCUT2D eigenvalue weighted by atomic mass is 16.6. The number of rotatable bonds is 7. The number of aliphatic hydroxyl groups is 1. The lowest BCUT2D eigenvalue weighted by Crippen LogP contribution is -2.22. The SMILES string of the molecule is CC(C)(C)OC(=O)/C=C/c1ccc(OCc2ccccc2)c(CCO)c1. The monoisotopic (exact) mass is 354 g/mol. The predicted octanol–water partition coefficient (Wildman–Crippen LogP) is 4.16. The summed E-state index contributed by atoms with van der Waals surface area (Å²) in [5, 5.41) is 9.32. The molecule has 1 N–H and O–H groups in total. The molecule has 2 rings (SSSR count). The van der Waals surface area contributed by atoms with E-state index in [2.05, 4.69) is 0 Å². The Morgan fingerprint density at radius 2 is 1.85 bits per heavy atom. The largest absolute Gasteiger partial charge is 0.489 e. The van der Waals surface area contributed by atoms with E-state index in [1.54, 1.807) is 6.08 Å². The van der Waals surface area contributed by atoms with Crippen molar-refractivity contribution in [3.8, 4) is 5.75 Å². The second-order valence-electron chi connectivity index (χ2n) is 6.98. The van der Waals surface area contributed by atoms with Gasteiger partial charge < -0.3 is 14.6 Å². The second kappa shape index (κ2) is 9.20. The van der Waals surface area contributed by atoms with Crippen molar-refractivity contribution in [2.45, 2.75) is 39.4 Å². The number of benzene rings is 2. The van der Waals surface area contributed by atoms with Gasteiger partial charge in [0.2, 0.25) is 0 Å². The van der Waals surface area contributed by atoms with Crippen molar-refractivity contribution in [2.75, 3.05) is 6.61 Å². The van der Waals surface area contributed by atoms with E-state index in [1.165, 1.54) is 6.08 Å². The number of carbonyl (C=O) groups excluding carboxylic acids is 1. The summed E-state index contributed by atoms with van der Waals surface area (Å²) in [5.74, 6) is 0.350. The van der Waals surface area contributed by atoms with Crippen molar-refractivity contribution in [2.24, 2.45) is 0 Å². The average molecular weight is 354 g/mol. The van der Waals surface area contributed by atoms with Crippen LogP contribution < -0.4 is 4.74 Å². The Labute approximate surface area is 155 Å². The summed E-state index contributed by atoms with van der Waals surface area (Å²) in [6, 6.07) is 15.6. The molecule has 2 aromatic rings. The highest BCUT2D eigenvalue weighted by Crippen LogP contribution is 2.23. The lowest BCUT2D eigenvalue weighted by atomic mass is 10.1. The normalized spacial score (nSPS) is 11.5. The highest BCUT2D eigenvalue weighted by molar-refractivity contribution is 5.87. The van der Waals surface area contributed by atoms with Gasteiger partial charge in [-0.1, -0.05) is 36.4 Å². The first-order valence-electron chi connectivity index (χ1n) is 8.69. The molecule has 4 heteroatoms. The number of aliphatic hydroxyl groups excluding tert-OH is 1. The fraction of sp³-hybridized carbons (Fsp3) is 0.318. The van der Waals surface area contributed by atoms with E-state index in [9.17, 15) is 9.90 Å². The Morgan fingerprint density at radius 1 is 1.12 bits per heavy atom. The summed E-state index contributed by atoms with van der Waals surface area (Å²) in [6.07, 6.45) is 3.60. The number of hydrogen-bond acceptors (Lipinski definition) is 4. The quantitative estimate of drug-likeness (QED) is 0.599. The second-order valence-corrected chi connectivity index (χ2v) is 6.98. The van der Waals surface area contributed by atoms with E-state index < -0.39 is 5.60 Å². The maximum absolute atomic E-state index is 11.8. The van der Waals surface area contributed by atoms with Crippen molar-refractivity contribution in [3.05, 3.63) is 71.3 Å². The van der Waals surface area contributed by atoms with Gasteiger partial charge >= 0.3 is 5.97 Å². The molecule has 0 spiro atoms. The molecular weight excluding hydrogens is 328 g/mol. The number of esters is 1. The minimum Gasteiger partial charge on any atom is -0.489 e. The van der Waals surface area contributed by atoms with Crippen LogP contribution in [0.5, 0.6) is 5.75 Å². The van der Waals surface area contributed by atoms with Crippen LogP contribution in [-0.4, -0.2) is 23.3 Å². The third-order valence-electron chi connectivity index (χ3n) is 3.52. The van der Waals surface area contributed by atoms with E-state index >= 15 is 0 Å². The molecule has 0 saturated carbocycles. The van der Waals surface area contributed by atoms with Gasteiger partial charge in [0.15, 0.2) is 0 Å². The molecule has 0 aliphatic heterocycles. The minimum absolute atomic E-state index is 0.0287. The van der Waals surface area contributed by atoms with Crippen molar-refractivity contribution >= 4 is 12.0 Å². The summed E-state index contributed by atoms with van der Waals surface area (Å²) in [7, 11) is 0. The van der Waals surface area contributed by atoms with Crippen LogP contribution in [0.2, 0.25) is 0 Å². The van der Waals surface area contributed by atoms with Crippen LogP contribution in [0.25, 0.3) is 6.08 Å². The molecule has 0 fully saturated rings. The van der Waals surface area contributed by atoms with Gasteiger partial charge in [0.05, 0.1) is 0 Å². The number of ether oxygens (including phenoxy) is 2. The van der Waals surface area contributed by atoms with E-state index in [-0.39, 0.29) is 12.6 Å². The summed E-state index contributed by atoms with van der Waals surface area (Å²) >= 11 is 0. The zero-order valence-corrected chi connectivity index (χ0v) is 15.6. The fourth-order valence-corrected chi connectivity index (χ4v) is 2.40. The number of hydrogen-bond donors (Lipinski definition) is 1. The molecule has 0 radical (unpaired) electrons.